The number of hydrogen-bond donors (Lipinski definition) is 1. The lowest BCUT2D eigenvalue weighted by Gasteiger charge is -2.24. The molecule has 0 saturated carbocycles. The number of aromatic nitrogens is 1. The Kier molecular flexibility index (Phi) is 5.09. The van der Waals surface area contributed by atoms with Crippen LogP contribution in [0, 0.1) is 11.3 Å². The van der Waals surface area contributed by atoms with Gasteiger partial charge in [0.25, 0.3) is 5.56 Å². The lowest BCUT2D eigenvalue weighted by molar-refractivity contribution is -0.134. The Balaban J connectivity index is 2.12. The molecule has 2 heterocycles. The van der Waals surface area contributed by atoms with Crippen molar-refractivity contribution in [3.63, 3.8) is 0 Å². The Labute approximate surface area is 176 Å². The van der Waals surface area contributed by atoms with E-state index in [0.29, 0.717) is 9.20 Å². The molecule has 7 heteroatoms. The molecule has 1 atom stereocenters. The molecule has 1 aliphatic rings. The van der Waals surface area contributed by atoms with E-state index in [0.717, 1.165) is 22.5 Å². The third-order valence-corrected chi connectivity index (χ3v) is 6.01. The summed E-state index contributed by atoms with van der Waals surface area (Å²) in [7, 11) is 1.28. The maximum absolute atomic E-state index is 13.1. The minimum atomic E-state index is -0.716. The first kappa shape index (κ1) is 19.4. The van der Waals surface area contributed by atoms with E-state index in [9.17, 15) is 14.9 Å². The van der Waals surface area contributed by atoms with Crippen molar-refractivity contribution in [3.8, 4) is 6.07 Å². The zero-order chi connectivity index (χ0) is 21.3. The standard InChI is InChI=1S/C23H17N3O3S/c1-29-23(28)19-18(15-10-6-3-7-11-15)16(13-24)20(25)26-21(27)17(30-22(19)26)12-14-8-4-2-5-9-14/h2-12,18H,25H2,1H3/t18-/m1/s1. The van der Waals surface area contributed by atoms with Gasteiger partial charge in [-0.1, -0.05) is 60.7 Å². The van der Waals surface area contributed by atoms with Crippen LogP contribution < -0.4 is 20.5 Å². The van der Waals surface area contributed by atoms with Crippen molar-refractivity contribution in [3.05, 3.63) is 96.9 Å². The van der Waals surface area contributed by atoms with Crippen LogP contribution in [0.25, 0.3) is 17.5 Å². The van der Waals surface area contributed by atoms with Crippen molar-refractivity contribution >= 4 is 34.8 Å². The van der Waals surface area contributed by atoms with Crippen molar-refractivity contribution in [1.29, 1.82) is 5.26 Å². The van der Waals surface area contributed by atoms with Gasteiger partial charge in [-0.2, -0.15) is 5.26 Å². The van der Waals surface area contributed by atoms with Gasteiger partial charge in [0.2, 0.25) is 0 Å². The van der Waals surface area contributed by atoms with Crippen LogP contribution in [0.4, 0.5) is 0 Å². The van der Waals surface area contributed by atoms with Crippen LogP contribution in [0.15, 0.2) is 71.0 Å². The van der Waals surface area contributed by atoms with E-state index in [1.165, 1.54) is 11.7 Å². The van der Waals surface area contributed by atoms with Gasteiger partial charge in [0.1, 0.15) is 10.5 Å². The van der Waals surface area contributed by atoms with E-state index in [-0.39, 0.29) is 22.5 Å². The number of rotatable bonds is 3. The number of nitrogens with two attached hydrogens (primary N) is 1. The molecule has 0 aliphatic carbocycles. The summed E-state index contributed by atoms with van der Waals surface area (Å²) >= 11 is 1.16. The first-order chi connectivity index (χ1) is 14.6. The van der Waals surface area contributed by atoms with Crippen molar-refractivity contribution in [2.24, 2.45) is 5.73 Å². The molecule has 0 bridgehead atoms. The Morgan fingerprint density at radius 3 is 2.40 bits per heavy atom. The van der Waals surface area contributed by atoms with E-state index in [1.54, 1.807) is 6.08 Å². The maximum atomic E-state index is 13.1. The molecule has 2 aromatic carbocycles. The number of carbonyl (C=O) groups is 1. The highest BCUT2D eigenvalue weighted by molar-refractivity contribution is 7.07. The quantitative estimate of drug-likeness (QED) is 0.654. The Morgan fingerprint density at radius 1 is 1.17 bits per heavy atom. The monoisotopic (exact) mass is 415 g/mol. The second kappa shape index (κ2) is 7.85. The third-order valence-electron chi connectivity index (χ3n) is 4.90. The number of allylic oxidation sites excluding steroid dienone is 1. The van der Waals surface area contributed by atoms with Crippen LogP contribution in [-0.2, 0) is 9.53 Å². The summed E-state index contributed by atoms with van der Waals surface area (Å²) < 4.78 is 7.05. The molecule has 1 aromatic heterocycles. The summed E-state index contributed by atoms with van der Waals surface area (Å²) in [6.45, 7) is 0. The summed E-state index contributed by atoms with van der Waals surface area (Å²) in [6.07, 6.45) is 1.74. The lowest BCUT2D eigenvalue weighted by Crippen LogP contribution is -2.40. The first-order valence-corrected chi connectivity index (χ1v) is 9.94. The number of nitrogens with zero attached hydrogens (tertiary/aromatic N) is 2. The highest BCUT2D eigenvalue weighted by Gasteiger charge is 2.35. The van der Waals surface area contributed by atoms with Gasteiger partial charge < -0.3 is 10.5 Å². The van der Waals surface area contributed by atoms with Gasteiger partial charge >= 0.3 is 5.97 Å². The van der Waals surface area contributed by atoms with E-state index in [1.807, 2.05) is 60.7 Å². The molecule has 6 nitrogen and oxygen atoms in total. The van der Waals surface area contributed by atoms with Gasteiger partial charge in [0.05, 0.1) is 34.8 Å². The topological polar surface area (TPSA) is 98.1 Å². The summed E-state index contributed by atoms with van der Waals surface area (Å²) in [5, 5.41) is 9.85. The maximum Gasteiger partial charge on any atom is 0.337 e. The third kappa shape index (κ3) is 3.13. The molecule has 148 valence electrons. The summed E-state index contributed by atoms with van der Waals surface area (Å²) in [4.78, 5) is 26.0. The molecule has 0 saturated heterocycles. The Hall–Kier alpha value is -3.89. The second-order valence-corrected chi connectivity index (χ2v) is 7.66. The van der Waals surface area contributed by atoms with Crippen molar-refractivity contribution in [2.75, 3.05) is 7.11 Å². The minimum Gasteiger partial charge on any atom is -0.466 e. The summed E-state index contributed by atoms with van der Waals surface area (Å²) in [6, 6.07) is 20.6. The highest BCUT2D eigenvalue weighted by Crippen LogP contribution is 2.36. The number of hydrogen-bond acceptors (Lipinski definition) is 6. The van der Waals surface area contributed by atoms with Crippen LogP contribution in [0.5, 0.6) is 0 Å². The first-order valence-electron chi connectivity index (χ1n) is 9.13. The van der Waals surface area contributed by atoms with Crippen molar-refractivity contribution in [1.82, 2.24) is 4.57 Å². The van der Waals surface area contributed by atoms with Gasteiger partial charge in [-0.3, -0.25) is 9.36 Å². The van der Waals surface area contributed by atoms with E-state index < -0.39 is 11.9 Å². The fraction of sp³-hybridized carbons (Fsp3) is 0.0870. The van der Waals surface area contributed by atoms with E-state index in [2.05, 4.69) is 6.07 Å². The number of ether oxygens (including phenoxy) is 1. The molecule has 30 heavy (non-hydrogen) atoms. The molecular weight excluding hydrogens is 398 g/mol. The number of nitriles is 1. The van der Waals surface area contributed by atoms with Gasteiger partial charge in [0, 0.05) is 0 Å². The van der Waals surface area contributed by atoms with Crippen LogP contribution in [0.3, 0.4) is 0 Å². The van der Waals surface area contributed by atoms with E-state index in [4.69, 9.17) is 10.5 Å². The second-order valence-electron chi connectivity index (χ2n) is 6.63. The Bertz CT molecular complexity index is 1380. The number of methoxy groups -OCH3 is 1. The predicted molar refractivity (Wildman–Crippen MR) is 115 cm³/mol. The summed E-state index contributed by atoms with van der Waals surface area (Å²) in [5.41, 5.74) is 7.84. The zero-order valence-electron chi connectivity index (χ0n) is 16.0. The molecule has 4 rings (SSSR count). The van der Waals surface area contributed by atoms with E-state index >= 15 is 0 Å². The van der Waals surface area contributed by atoms with Crippen molar-refractivity contribution in [2.45, 2.75) is 5.92 Å². The largest absolute Gasteiger partial charge is 0.466 e. The normalized spacial score (nSPS) is 16.2. The molecular formula is C23H17N3O3S. The highest BCUT2D eigenvalue weighted by atomic mass is 32.1. The van der Waals surface area contributed by atoms with Crippen LogP contribution in [0.2, 0.25) is 0 Å². The predicted octanol–water partition coefficient (Wildman–Crippen LogP) is 1.51. The number of benzene rings is 2. The molecule has 2 N–H and O–H groups in total. The number of thiazole rings is 1. The zero-order valence-corrected chi connectivity index (χ0v) is 16.8. The lowest BCUT2D eigenvalue weighted by atomic mass is 9.84. The SMILES string of the molecule is COC(=O)C1=c2sc(=Cc3ccccc3)c(=O)n2C(N)=C(C#N)[C@H]1c1ccccc1. The number of fused-ring (bicyclic) bond motifs is 1. The fourth-order valence-electron chi connectivity index (χ4n) is 3.53. The van der Waals surface area contributed by atoms with Gasteiger partial charge in [-0.15, -0.1) is 11.3 Å². The number of esters is 1. The van der Waals surface area contributed by atoms with Crippen molar-refractivity contribution < 1.29 is 9.53 Å². The molecule has 0 spiro atoms. The fourth-order valence-corrected chi connectivity index (χ4v) is 4.70. The number of carbonyl (C=O) groups excluding carboxylic acids is 1. The van der Waals surface area contributed by atoms with Gasteiger partial charge in [0.15, 0.2) is 0 Å². The average molecular weight is 415 g/mol. The molecule has 0 unspecified atom stereocenters. The smallest absolute Gasteiger partial charge is 0.337 e. The van der Waals surface area contributed by atoms with Crippen LogP contribution >= 0.6 is 11.3 Å². The van der Waals surface area contributed by atoms with Gasteiger partial charge in [-0.25, -0.2) is 4.79 Å². The minimum absolute atomic E-state index is 0.0305. The Morgan fingerprint density at radius 2 is 1.80 bits per heavy atom. The average Bonchev–Trinajstić information content (AvgIpc) is 3.10. The molecule has 0 amide bonds. The van der Waals surface area contributed by atoms with Crippen LogP contribution in [-0.4, -0.2) is 17.6 Å². The molecule has 0 fully saturated rings. The molecule has 3 aromatic rings. The summed E-state index contributed by atoms with van der Waals surface area (Å²) in [5.74, 6) is -1.29. The van der Waals surface area contributed by atoms with Crippen LogP contribution in [0.1, 0.15) is 17.0 Å². The molecule has 0 radical (unpaired) electrons. The van der Waals surface area contributed by atoms with Gasteiger partial charge in [-0.05, 0) is 17.2 Å². The molecule has 1 aliphatic heterocycles.